The molecular formula is C14H23NO2Zn. The van der Waals surface area contributed by atoms with E-state index in [4.69, 9.17) is 0 Å². The summed E-state index contributed by atoms with van der Waals surface area (Å²) in [5, 5.41) is 9.67. The molecule has 98 valence electrons. The van der Waals surface area contributed by atoms with Crippen molar-refractivity contribution in [1.29, 1.82) is 0 Å². The summed E-state index contributed by atoms with van der Waals surface area (Å²) in [6, 6.07) is 3.32. The van der Waals surface area contributed by atoms with Crippen LogP contribution in [0.4, 0.5) is 0 Å². The number of hydrogen-bond acceptors (Lipinski definition) is 2. The third-order valence-electron chi connectivity index (χ3n) is 2.74. The molecule has 1 aromatic rings. The Morgan fingerprint density at radius 3 is 2.39 bits per heavy atom. The average Bonchev–Trinajstić information content (AvgIpc) is 2.10. The van der Waals surface area contributed by atoms with Gasteiger partial charge in [-0.3, -0.25) is 4.79 Å². The summed E-state index contributed by atoms with van der Waals surface area (Å²) in [5.41, 5.74) is 1.53. The van der Waals surface area contributed by atoms with Crippen LogP contribution in [0.15, 0.2) is 16.9 Å². The first-order valence-corrected chi connectivity index (χ1v) is 6.11. The van der Waals surface area contributed by atoms with E-state index in [9.17, 15) is 10.0 Å². The van der Waals surface area contributed by atoms with Crippen LogP contribution in [-0.4, -0.2) is 9.94 Å². The SMILES string of the molecule is Cc1cc(CC(C)CC(C)(C)C)n(O)c(=O)c1.[Zn]. The zero-order chi connectivity index (χ0) is 13.2. The summed E-state index contributed by atoms with van der Waals surface area (Å²) in [7, 11) is 0. The van der Waals surface area contributed by atoms with E-state index in [1.165, 1.54) is 6.07 Å². The van der Waals surface area contributed by atoms with E-state index < -0.39 is 0 Å². The van der Waals surface area contributed by atoms with E-state index >= 15 is 0 Å². The zero-order valence-corrected chi connectivity index (χ0v) is 15.1. The van der Waals surface area contributed by atoms with Crippen molar-refractivity contribution in [3.05, 3.63) is 33.7 Å². The van der Waals surface area contributed by atoms with Crippen LogP contribution in [0, 0.1) is 18.3 Å². The van der Waals surface area contributed by atoms with Crippen molar-refractivity contribution >= 4 is 0 Å². The van der Waals surface area contributed by atoms with Gasteiger partial charge in [-0.1, -0.05) is 27.7 Å². The van der Waals surface area contributed by atoms with Crippen LogP contribution < -0.4 is 5.56 Å². The van der Waals surface area contributed by atoms with Gasteiger partial charge in [0.2, 0.25) is 0 Å². The van der Waals surface area contributed by atoms with Crippen molar-refractivity contribution in [2.24, 2.45) is 11.3 Å². The third kappa shape index (κ3) is 5.35. The van der Waals surface area contributed by atoms with E-state index in [0.29, 0.717) is 11.6 Å². The zero-order valence-electron chi connectivity index (χ0n) is 12.2. The fourth-order valence-corrected chi connectivity index (χ4v) is 2.38. The molecule has 0 fully saturated rings. The van der Waals surface area contributed by atoms with Crippen LogP contribution >= 0.6 is 0 Å². The molecule has 0 saturated carbocycles. The molecule has 1 heterocycles. The van der Waals surface area contributed by atoms with E-state index in [1.54, 1.807) is 0 Å². The molecule has 0 aliphatic heterocycles. The number of hydrogen-bond donors (Lipinski definition) is 1. The number of nitrogens with zero attached hydrogens (tertiary/aromatic N) is 1. The molecule has 1 aromatic heterocycles. The Hall–Kier alpha value is -0.627. The van der Waals surface area contributed by atoms with Crippen molar-refractivity contribution in [1.82, 2.24) is 4.73 Å². The standard InChI is InChI=1S/C14H23NO2.Zn/c1-10-6-12(15(17)13(16)8-10)7-11(2)9-14(3,4)5;/h6,8,11,17H,7,9H2,1-5H3;. The second kappa shape index (κ2) is 6.51. The minimum absolute atomic E-state index is 0. The van der Waals surface area contributed by atoms with E-state index in [0.717, 1.165) is 23.1 Å². The Morgan fingerprint density at radius 2 is 1.89 bits per heavy atom. The molecule has 0 aromatic carbocycles. The van der Waals surface area contributed by atoms with Crippen molar-refractivity contribution < 1.29 is 24.7 Å². The summed E-state index contributed by atoms with van der Waals surface area (Å²) in [4.78, 5) is 11.4. The number of aryl methyl sites for hydroxylation is 1. The molecule has 0 aliphatic rings. The van der Waals surface area contributed by atoms with Gasteiger partial charge >= 0.3 is 0 Å². The topological polar surface area (TPSA) is 42.2 Å². The third-order valence-corrected chi connectivity index (χ3v) is 2.74. The molecule has 0 amide bonds. The Balaban J connectivity index is 0.00000289. The average molecular weight is 303 g/mol. The van der Waals surface area contributed by atoms with E-state index in [2.05, 4.69) is 27.7 Å². The molecule has 0 radical (unpaired) electrons. The summed E-state index contributed by atoms with van der Waals surface area (Å²) in [6.07, 6.45) is 1.79. The summed E-state index contributed by atoms with van der Waals surface area (Å²) in [5.74, 6) is 0.439. The number of aromatic nitrogens is 1. The van der Waals surface area contributed by atoms with Crippen molar-refractivity contribution in [3.8, 4) is 0 Å². The summed E-state index contributed by atoms with van der Waals surface area (Å²) >= 11 is 0. The van der Waals surface area contributed by atoms with Crippen LogP contribution in [-0.2, 0) is 25.9 Å². The smallest absolute Gasteiger partial charge is 0.283 e. The van der Waals surface area contributed by atoms with Crippen molar-refractivity contribution in [3.63, 3.8) is 0 Å². The largest absolute Gasteiger partial charge is 0.425 e. The van der Waals surface area contributed by atoms with E-state index in [1.807, 2.05) is 13.0 Å². The second-order valence-electron chi connectivity index (χ2n) is 6.25. The van der Waals surface area contributed by atoms with Gasteiger partial charge in [0.05, 0.1) is 5.69 Å². The fraction of sp³-hybridized carbons (Fsp3) is 0.643. The number of pyridine rings is 1. The molecular weight excluding hydrogens is 280 g/mol. The molecule has 0 spiro atoms. The minimum Gasteiger partial charge on any atom is -0.425 e. The van der Waals surface area contributed by atoms with Crippen LogP contribution in [0.5, 0.6) is 0 Å². The van der Waals surface area contributed by atoms with Gasteiger partial charge in [0.15, 0.2) is 0 Å². The Kier molecular flexibility index (Phi) is 6.29. The molecule has 0 bridgehead atoms. The Labute approximate surface area is 122 Å². The predicted molar refractivity (Wildman–Crippen MR) is 69.6 cm³/mol. The van der Waals surface area contributed by atoms with Gasteiger partial charge in [0.25, 0.3) is 5.56 Å². The predicted octanol–water partition coefficient (Wildman–Crippen LogP) is 3.01. The van der Waals surface area contributed by atoms with Gasteiger partial charge in [-0.05, 0) is 42.7 Å². The van der Waals surface area contributed by atoms with Crippen LogP contribution in [0.25, 0.3) is 0 Å². The van der Waals surface area contributed by atoms with Crippen LogP contribution in [0.3, 0.4) is 0 Å². The van der Waals surface area contributed by atoms with Gasteiger partial charge in [-0.15, -0.1) is 0 Å². The van der Waals surface area contributed by atoms with Crippen LogP contribution in [0.1, 0.15) is 45.4 Å². The molecule has 1 unspecified atom stereocenters. The molecule has 18 heavy (non-hydrogen) atoms. The van der Waals surface area contributed by atoms with Gasteiger partial charge in [0.1, 0.15) is 0 Å². The second-order valence-corrected chi connectivity index (χ2v) is 6.25. The summed E-state index contributed by atoms with van der Waals surface area (Å²) in [6.45, 7) is 10.6. The maximum atomic E-state index is 11.4. The van der Waals surface area contributed by atoms with Crippen molar-refractivity contribution in [2.45, 2.75) is 47.5 Å². The molecule has 4 heteroatoms. The number of rotatable bonds is 3. The van der Waals surface area contributed by atoms with Gasteiger partial charge < -0.3 is 5.21 Å². The fourth-order valence-electron chi connectivity index (χ4n) is 2.38. The van der Waals surface area contributed by atoms with Gasteiger partial charge in [-0.2, -0.15) is 4.73 Å². The van der Waals surface area contributed by atoms with Gasteiger partial charge in [-0.25, -0.2) is 0 Å². The Morgan fingerprint density at radius 1 is 1.33 bits per heavy atom. The maximum Gasteiger partial charge on any atom is 0.283 e. The maximum absolute atomic E-state index is 11.4. The molecule has 3 nitrogen and oxygen atoms in total. The molecule has 0 saturated heterocycles. The van der Waals surface area contributed by atoms with Gasteiger partial charge in [0, 0.05) is 25.5 Å². The molecule has 1 atom stereocenters. The first-order valence-electron chi connectivity index (χ1n) is 6.11. The van der Waals surface area contributed by atoms with Crippen molar-refractivity contribution in [2.75, 3.05) is 0 Å². The van der Waals surface area contributed by atoms with Crippen LogP contribution in [0.2, 0.25) is 0 Å². The normalized spacial score (nSPS) is 12.9. The Bertz CT molecular complexity index is 446. The first-order chi connectivity index (χ1) is 7.69. The van der Waals surface area contributed by atoms with E-state index in [-0.39, 0.29) is 30.5 Å². The summed E-state index contributed by atoms with van der Waals surface area (Å²) < 4.78 is 0.770. The minimum atomic E-state index is -0.344. The molecule has 1 N–H and O–H groups in total. The first kappa shape index (κ1) is 17.4. The molecule has 0 aliphatic carbocycles. The quantitative estimate of drug-likeness (QED) is 0.689. The molecule has 1 rings (SSSR count). The monoisotopic (exact) mass is 301 g/mol.